The molecule has 1 fully saturated rings. The van der Waals surface area contributed by atoms with Crippen LogP contribution in [0.5, 0.6) is 11.5 Å². The second kappa shape index (κ2) is 13.3. The number of nitrogens with zero attached hydrogens (tertiary/aromatic N) is 5. The van der Waals surface area contributed by atoms with E-state index in [4.69, 9.17) is 9.47 Å². The van der Waals surface area contributed by atoms with Crippen LogP contribution in [0.15, 0.2) is 49.1 Å². The van der Waals surface area contributed by atoms with Crippen molar-refractivity contribution >= 4 is 52.5 Å². The van der Waals surface area contributed by atoms with Crippen LogP contribution in [0.3, 0.4) is 0 Å². The number of anilines is 3. The minimum Gasteiger partial charge on any atom is -0.494 e. The lowest BCUT2D eigenvalue weighted by Gasteiger charge is -2.22. The molecular weight excluding hydrogens is 576 g/mol. The molecule has 1 saturated heterocycles. The summed E-state index contributed by atoms with van der Waals surface area (Å²) in [4.78, 5) is 34.1. The minimum atomic E-state index is -1.14. The maximum absolute atomic E-state index is 13.9. The number of ether oxygens (including phenoxy) is 2. The molecule has 0 unspecified atom stereocenters. The topological polar surface area (TPSA) is 144 Å². The van der Waals surface area contributed by atoms with Crippen LogP contribution < -0.4 is 20.1 Å². The first kappa shape index (κ1) is 30.2. The number of benzene rings is 2. The summed E-state index contributed by atoms with van der Waals surface area (Å²) in [7, 11) is 0. The lowest BCUT2D eigenvalue weighted by molar-refractivity contribution is -0.116. The highest BCUT2D eigenvalue weighted by molar-refractivity contribution is 5.97. The van der Waals surface area contributed by atoms with Crippen LogP contribution in [0.25, 0.3) is 10.9 Å². The molecule has 0 aliphatic carbocycles. The molecule has 1 aliphatic rings. The number of aromatic nitrogens is 4. The average Bonchev–Trinajstić information content (AvgIpc) is 3.59. The van der Waals surface area contributed by atoms with Gasteiger partial charge in [-0.05, 0) is 31.9 Å². The Morgan fingerprint density at radius 2 is 2.02 bits per heavy atom. The smallest absolute Gasteiger partial charge is 0.407 e. The van der Waals surface area contributed by atoms with Crippen molar-refractivity contribution in [2.75, 3.05) is 30.4 Å². The number of nitrogens with one attached hydrogen (secondary N) is 2. The van der Waals surface area contributed by atoms with Crippen molar-refractivity contribution in [2.45, 2.75) is 32.4 Å². The van der Waals surface area contributed by atoms with E-state index in [9.17, 15) is 23.5 Å². The quantitative estimate of drug-likeness (QED) is 0.232. The molecule has 5 rings (SSSR count). The number of likely N-dealkylation sites (tertiary alicyclic amines) is 1. The fourth-order valence-electron chi connectivity index (χ4n) is 4.62. The summed E-state index contributed by atoms with van der Waals surface area (Å²) in [5.41, 5.74) is 0.757. The number of amides is 2. The molecule has 222 valence electrons. The van der Waals surface area contributed by atoms with Crippen molar-refractivity contribution in [3.05, 3.63) is 60.7 Å². The molecule has 15 heteroatoms. The maximum atomic E-state index is 13.9. The first-order chi connectivity index (χ1) is 19.8. The van der Waals surface area contributed by atoms with Crippen molar-refractivity contribution in [1.29, 1.82) is 0 Å². The van der Waals surface area contributed by atoms with Gasteiger partial charge in [0, 0.05) is 24.9 Å². The summed E-state index contributed by atoms with van der Waals surface area (Å²) in [6.45, 7) is 2.63. The van der Waals surface area contributed by atoms with Gasteiger partial charge in [0.15, 0.2) is 11.6 Å². The fraction of sp³-hybridized carbons (Fsp3) is 0.296. The normalized spacial score (nSPS) is 14.4. The molecule has 3 N–H and O–H groups in total. The zero-order chi connectivity index (χ0) is 28.9. The third-order valence-corrected chi connectivity index (χ3v) is 6.47. The molecule has 0 spiro atoms. The Labute approximate surface area is 245 Å². The number of fused-ring (bicyclic) bond motifs is 1. The number of carbonyl (C=O) groups excluding carboxylic acids is 1. The predicted molar refractivity (Wildman–Crippen MR) is 152 cm³/mol. The summed E-state index contributed by atoms with van der Waals surface area (Å²) in [6.07, 6.45) is 4.86. The van der Waals surface area contributed by atoms with Crippen LogP contribution in [0.4, 0.5) is 30.8 Å². The van der Waals surface area contributed by atoms with E-state index in [-0.39, 0.29) is 37.3 Å². The summed E-state index contributed by atoms with van der Waals surface area (Å²) in [5.74, 6) is -1.47. The molecule has 1 aliphatic heterocycles. The number of halogens is 3. The zero-order valence-electron chi connectivity index (χ0n) is 22.4. The highest BCUT2D eigenvalue weighted by Gasteiger charge is 2.29. The van der Waals surface area contributed by atoms with Crippen molar-refractivity contribution in [3.8, 4) is 11.5 Å². The van der Waals surface area contributed by atoms with Crippen LogP contribution in [0.1, 0.15) is 19.8 Å². The van der Waals surface area contributed by atoms with E-state index in [0.717, 1.165) is 12.5 Å². The molecule has 2 aromatic carbocycles. The number of carbonyl (C=O) groups is 2. The number of rotatable bonds is 10. The molecule has 0 saturated carbocycles. The highest BCUT2D eigenvalue weighted by atomic mass is 35.5. The first-order valence-electron chi connectivity index (χ1n) is 12.9. The highest BCUT2D eigenvalue weighted by Crippen LogP contribution is 2.36. The van der Waals surface area contributed by atoms with Crippen LogP contribution in [0.2, 0.25) is 0 Å². The molecule has 2 amide bonds. The largest absolute Gasteiger partial charge is 0.494 e. The third kappa shape index (κ3) is 6.77. The Morgan fingerprint density at radius 3 is 2.81 bits per heavy atom. The first-order valence-corrected chi connectivity index (χ1v) is 12.9. The van der Waals surface area contributed by atoms with Gasteiger partial charge in [-0.2, -0.15) is 5.10 Å². The average molecular weight is 604 g/mol. The zero-order valence-corrected chi connectivity index (χ0v) is 23.2. The number of carboxylic acid groups (broad SMARTS) is 1. The monoisotopic (exact) mass is 603 g/mol. The van der Waals surface area contributed by atoms with Crippen molar-refractivity contribution < 1.29 is 33.0 Å². The molecule has 4 aromatic rings. The van der Waals surface area contributed by atoms with Gasteiger partial charge in [0.2, 0.25) is 5.91 Å². The van der Waals surface area contributed by atoms with Crippen LogP contribution in [-0.2, 0) is 11.3 Å². The molecular formula is C27H28ClF2N7O5. The van der Waals surface area contributed by atoms with Crippen LogP contribution in [0, 0.1) is 11.6 Å². The van der Waals surface area contributed by atoms with Gasteiger partial charge in [-0.1, -0.05) is 6.07 Å². The minimum absolute atomic E-state index is 0. The fourth-order valence-corrected chi connectivity index (χ4v) is 4.62. The van der Waals surface area contributed by atoms with E-state index < -0.39 is 23.6 Å². The molecule has 1 atom stereocenters. The van der Waals surface area contributed by atoms with Gasteiger partial charge in [-0.3, -0.25) is 9.48 Å². The Hall–Kier alpha value is -4.72. The third-order valence-electron chi connectivity index (χ3n) is 6.47. The molecule has 3 heterocycles. The Balaban J connectivity index is 0.00000405. The lowest BCUT2D eigenvalue weighted by Crippen LogP contribution is -2.38. The lowest BCUT2D eigenvalue weighted by atomic mass is 10.2. The second-order valence-corrected chi connectivity index (χ2v) is 9.25. The summed E-state index contributed by atoms with van der Waals surface area (Å²) >= 11 is 0. The van der Waals surface area contributed by atoms with Gasteiger partial charge in [-0.15, -0.1) is 12.4 Å². The van der Waals surface area contributed by atoms with E-state index >= 15 is 0 Å². The Morgan fingerprint density at radius 1 is 1.19 bits per heavy atom. The van der Waals surface area contributed by atoms with Gasteiger partial charge < -0.3 is 30.1 Å². The van der Waals surface area contributed by atoms with Crippen LogP contribution >= 0.6 is 12.4 Å². The summed E-state index contributed by atoms with van der Waals surface area (Å²) < 4.78 is 40.5. The summed E-state index contributed by atoms with van der Waals surface area (Å²) in [6, 6.07) is 6.68. The van der Waals surface area contributed by atoms with E-state index in [2.05, 4.69) is 25.7 Å². The van der Waals surface area contributed by atoms with E-state index in [1.165, 1.54) is 34.2 Å². The SMILES string of the molecule is CCOc1cc(OC[C@H]2CCCN2C(=O)O)c2c(Nc3cnn(CC(=O)Nc4cccc(F)c4F)c3)ncnc2c1.Cl. The number of hydrogen-bond donors (Lipinski definition) is 3. The van der Waals surface area contributed by atoms with E-state index in [1.54, 1.807) is 18.3 Å². The van der Waals surface area contributed by atoms with E-state index in [1.807, 2.05) is 6.92 Å². The predicted octanol–water partition coefficient (Wildman–Crippen LogP) is 4.83. The molecule has 0 radical (unpaired) electrons. The van der Waals surface area contributed by atoms with Gasteiger partial charge >= 0.3 is 6.09 Å². The van der Waals surface area contributed by atoms with Crippen molar-refractivity contribution in [3.63, 3.8) is 0 Å². The van der Waals surface area contributed by atoms with Gasteiger partial charge in [0.25, 0.3) is 0 Å². The summed E-state index contributed by atoms with van der Waals surface area (Å²) in [5, 5.41) is 19.7. The molecule has 12 nitrogen and oxygen atoms in total. The molecule has 0 bridgehead atoms. The van der Waals surface area contributed by atoms with Crippen molar-refractivity contribution in [1.82, 2.24) is 24.6 Å². The van der Waals surface area contributed by atoms with Crippen molar-refractivity contribution in [2.24, 2.45) is 0 Å². The second-order valence-electron chi connectivity index (χ2n) is 9.25. The number of hydrogen-bond acceptors (Lipinski definition) is 8. The molecule has 2 aromatic heterocycles. The maximum Gasteiger partial charge on any atom is 0.407 e. The molecule has 42 heavy (non-hydrogen) atoms. The Bertz CT molecular complexity index is 1590. The Kier molecular flexibility index (Phi) is 9.57. The van der Waals surface area contributed by atoms with Gasteiger partial charge in [0.05, 0.1) is 41.1 Å². The standard InChI is InChI=1S/C27H27F2N7O5.ClH/c1-2-40-18-9-21-24(22(10-18)41-14-17-5-4-8-36(17)27(38)39)26(31-15-30-21)33-16-11-32-35(12-16)13-23(37)34-20-7-3-6-19(28)25(20)29;/h3,6-7,9-12,15,17H,2,4-5,8,13-14H2,1H3,(H,34,37)(H,38,39)(H,30,31,33);1H/t17-;/m1./s1. The van der Waals surface area contributed by atoms with Gasteiger partial charge in [-0.25, -0.2) is 23.5 Å². The van der Waals surface area contributed by atoms with Crippen LogP contribution in [-0.4, -0.2) is 67.6 Å². The van der Waals surface area contributed by atoms with E-state index in [0.29, 0.717) is 53.5 Å². The van der Waals surface area contributed by atoms with Gasteiger partial charge in [0.1, 0.15) is 36.8 Å².